The maximum atomic E-state index is 14.1. The Hall–Kier alpha value is -4.28. The van der Waals surface area contributed by atoms with E-state index in [4.69, 9.17) is 4.74 Å². The summed E-state index contributed by atoms with van der Waals surface area (Å²) in [7, 11) is 0. The van der Waals surface area contributed by atoms with Gasteiger partial charge in [-0.3, -0.25) is 23.5 Å². The summed E-state index contributed by atoms with van der Waals surface area (Å²) in [6.45, 7) is 8.40. The van der Waals surface area contributed by atoms with Crippen molar-refractivity contribution in [2.75, 3.05) is 19.7 Å². The molecule has 0 unspecified atom stereocenters. The highest BCUT2D eigenvalue weighted by atomic mass is 19.1. The van der Waals surface area contributed by atoms with E-state index in [1.54, 1.807) is 0 Å². The molecule has 40 heavy (non-hydrogen) atoms. The van der Waals surface area contributed by atoms with Crippen LogP contribution < -0.4 is 15.6 Å². The van der Waals surface area contributed by atoms with Gasteiger partial charge in [0.2, 0.25) is 5.91 Å². The first-order valence-corrected chi connectivity index (χ1v) is 13.6. The number of imidazole rings is 1. The van der Waals surface area contributed by atoms with Crippen molar-refractivity contribution in [3.05, 3.63) is 63.6 Å². The molecule has 1 aromatic carbocycles. The van der Waals surface area contributed by atoms with Crippen molar-refractivity contribution in [3.63, 3.8) is 0 Å². The molecule has 1 fully saturated rings. The van der Waals surface area contributed by atoms with E-state index in [1.807, 2.05) is 49.6 Å². The molecule has 11 heteroatoms. The number of ether oxygens (including phenoxy) is 1. The van der Waals surface area contributed by atoms with Crippen LogP contribution in [-0.2, 0) is 24.4 Å². The van der Waals surface area contributed by atoms with Crippen LogP contribution >= 0.6 is 0 Å². The van der Waals surface area contributed by atoms with Crippen LogP contribution in [0.2, 0.25) is 0 Å². The second-order valence-corrected chi connectivity index (χ2v) is 10.3. The van der Waals surface area contributed by atoms with Gasteiger partial charge in [-0.1, -0.05) is 43.7 Å². The number of nitrogens with one attached hydrogen (secondary N) is 1. The summed E-state index contributed by atoms with van der Waals surface area (Å²) >= 11 is 0. The van der Waals surface area contributed by atoms with Gasteiger partial charge >= 0.3 is 0 Å². The van der Waals surface area contributed by atoms with Crippen LogP contribution in [0.4, 0.5) is 4.39 Å². The number of carbonyl (C=O) groups excluding carboxylic acids is 2. The van der Waals surface area contributed by atoms with Crippen molar-refractivity contribution in [2.45, 2.75) is 59.4 Å². The van der Waals surface area contributed by atoms with Gasteiger partial charge in [-0.25, -0.2) is 9.37 Å². The average molecular weight is 549 g/mol. The molecular formula is C29H33FN6O4. The Morgan fingerprint density at radius 2 is 1.90 bits per heavy atom. The van der Waals surface area contributed by atoms with Gasteiger partial charge in [0, 0.05) is 18.5 Å². The van der Waals surface area contributed by atoms with Gasteiger partial charge in [0.25, 0.3) is 17.5 Å². The van der Waals surface area contributed by atoms with Crippen LogP contribution in [0.3, 0.4) is 0 Å². The third-order valence-corrected chi connectivity index (χ3v) is 7.05. The van der Waals surface area contributed by atoms with Crippen LogP contribution in [0, 0.1) is 6.92 Å². The van der Waals surface area contributed by atoms with Crippen molar-refractivity contribution < 1.29 is 18.7 Å². The molecule has 10 nitrogen and oxygen atoms in total. The average Bonchev–Trinajstić information content (AvgIpc) is 3.32. The number of fused-ring (bicyclic) bond motifs is 5. The van der Waals surface area contributed by atoms with E-state index in [9.17, 15) is 18.8 Å². The highest BCUT2D eigenvalue weighted by Crippen LogP contribution is 2.30. The highest BCUT2D eigenvalue weighted by molar-refractivity contribution is 6.05. The summed E-state index contributed by atoms with van der Waals surface area (Å²) in [4.78, 5) is 50.2. The van der Waals surface area contributed by atoms with E-state index in [2.05, 4.69) is 15.3 Å². The first-order valence-electron chi connectivity index (χ1n) is 13.6. The van der Waals surface area contributed by atoms with Gasteiger partial charge in [0.05, 0.1) is 31.4 Å². The zero-order valence-corrected chi connectivity index (χ0v) is 23.2. The number of hydrogen-bond donors (Lipinski definition) is 1. The molecule has 0 aliphatic carbocycles. The summed E-state index contributed by atoms with van der Waals surface area (Å²) in [5.41, 5.74) is 1.28. The van der Waals surface area contributed by atoms with Crippen molar-refractivity contribution in [2.24, 2.45) is 0 Å². The number of aryl methyl sites for hydroxylation is 2. The van der Waals surface area contributed by atoms with Crippen LogP contribution in [0.1, 0.15) is 48.7 Å². The third-order valence-electron chi connectivity index (χ3n) is 7.05. The fraction of sp³-hybridized carbons (Fsp3) is 0.414. The number of alkyl halides is 1. The van der Waals surface area contributed by atoms with Crippen LogP contribution in [-0.4, -0.2) is 61.2 Å². The number of hydrogen-bond acceptors (Lipinski definition) is 6. The second kappa shape index (κ2) is 10.7. The second-order valence-electron chi connectivity index (χ2n) is 10.3. The Morgan fingerprint density at radius 3 is 2.60 bits per heavy atom. The normalized spacial score (nSPS) is 15.5. The number of likely N-dealkylation sites (tertiary alicyclic amines) is 1. The predicted octanol–water partition coefficient (Wildman–Crippen LogP) is 3.36. The van der Waals surface area contributed by atoms with Gasteiger partial charge in [0.1, 0.15) is 28.9 Å². The molecule has 0 atom stereocenters. The van der Waals surface area contributed by atoms with E-state index in [-0.39, 0.29) is 37.4 Å². The smallest absolute Gasteiger partial charge is 0.297 e. The van der Waals surface area contributed by atoms with E-state index >= 15 is 0 Å². The van der Waals surface area contributed by atoms with Gasteiger partial charge in [-0.15, -0.1) is 0 Å². The van der Waals surface area contributed by atoms with Crippen molar-refractivity contribution in [1.29, 1.82) is 0 Å². The Morgan fingerprint density at radius 1 is 1.18 bits per heavy atom. The van der Waals surface area contributed by atoms with Gasteiger partial charge < -0.3 is 15.0 Å². The molecule has 2 aliphatic rings. The number of benzene rings is 1. The molecule has 0 bridgehead atoms. The zero-order valence-electron chi connectivity index (χ0n) is 23.2. The molecule has 0 saturated carbocycles. The highest BCUT2D eigenvalue weighted by Gasteiger charge is 2.41. The minimum Gasteiger partial charge on any atom is -0.465 e. The molecule has 1 N–H and O–H groups in total. The van der Waals surface area contributed by atoms with Gasteiger partial charge in [-0.2, -0.15) is 4.98 Å². The molecule has 3 aromatic heterocycles. The summed E-state index contributed by atoms with van der Waals surface area (Å²) in [5.74, 6) is -0.980. The maximum Gasteiger partial charge on any atom is 0.297 e. The molecule has 0 radical (unpaired) electrons. The monoisotopic (exact) mass is 548 g/mol. The lowest BCUT2D eigenvalue weighted by atomic mass is 9.99. The predicted molar refractivity (Wildman–Crippen MR) is 149 cm³/mol. The first-order chi connectivity index (χ1) is 19.2. The lowest BCUT2D eigenvalue weighted by molar-refractivity contribution is -0.144. The lowest BCUT2D eigenvalue weighted by Gasteiger charge is -2.42. The molecule has 1 saturated heterocycles. The lowest BCUT2D eigenvalue weighted by Crippen LogP contribution is -2.60. The number of pyridine rings is 2. The summed E-state index contributed by atoms with van der Waals surface area (Å²) in [5, 5.41) is 3.33. The topological polar surface area (TPSA) is 111 Å². The number of amides is 2. The molecule has 210 valence electrons. The van der Waals surface area contributed by atoms with Crippen LogP contribution in [0.5, 0.6) is 6.01 Å². The SMILES string of the molecule is CC.Cc1ccc(CNC(=O)c2cc3c4c(cnc3n(CC(=O)N3CC(C)(F)C3)c2=O)nc2n4CCCO2)cc1. The maximum absolute atomic E-state index is 14.1. The molecule has 2 amide bonds. The zero-order chi connectivity index (χ0) is 28.6. The first kappa shape index (κ1) is 27.3. The Bertz CT molecular complexity index is 1650. The fourth-order valence-corrected chi connectivity index (χ4v) is 5.07. The molecule has 6 rings (SSSR count). The van der Waals surface area contributed by atoms with Gasteiger partial charge in [-0.05, 0) is 31.9 Å². The number of halogens is 1. The minimum absolute atomic E-state index is 0.0413. The largest absolute Gasteiger partial charge is 0.465 e. The summed E-state index contributed by atoms with van der Waals surface area (Å²) < 4.78 is 22.9. The van der Waals surface area contributed by atoms with Crippen LogP contribution in [0.25, 0.3) is 22.1 Å². The number of rotatable bonds is 5. The fourth-order valence-electron chi connectivity index (χ4n) is 5.07. The quantitative estimate of drug-likeness (QED) is 0.410. The molecular weight excluding hydrogens is 515 g/mol. The van der Waals surface area contributed by atoms with Crippen molar-refractivity contribution in [1.82, 2.24) is 29.3 Å². The third kappa shape index (κ3) is 5.03. The van der Waals surface area contributed by atoms with E-state index in [1.165, 1.54) is 28.7 Å². The number of aromatic nitrogens is 4. The summed E-state index contributed by atoms with van der Waals surface area (Å²) in [6.07, 6.45) is 2.31. The standard InChI is InChI=1S/C27H27FN6O4.C2H6/c1-16-4-6-17(7-5-16)11-30-24(36)19-10-18-22-20(31-26-33(22)8-3-9-38-26)12-29-23(18)34(25(19)37)13-21(35)32-14-27(2,28)15-32;1-2/h4-7,10,12H,3,8-9,11,13-15H2,1-2H3,(H,30,36);1-2H3. The molecule has 0 spiro atoms. The molecule has 2 aliphatic heterocycles. The Balaban J connectivity index is 0.00000158. The van der Waals surface area contributed by atoms with Gasteiger partial charge in [0.15, 0.2) is 0 Å². The number of carbonyl (C=O) groups is 2. The van der Waals surface area contributed by atoms with E-state index in [0.29, 0.717) is 35.6 Å². The van der Waals surface area contributed by atoms with E-state index in [0.717, 1.165) is 17.5 Å². The van der Waals surface area contributed by atoms with Crippen molar-refractivity contribution in [3.8, 4) is 6.01 Å². The Labute approximate surface area is 230 Å². The van der Waals surface area contributed by atoms with E-state index < -0.39 is 23.0 Å². The van der Waals surface area contributed by atoms with Crippen molar-refractivity contribution >= 4 is 33.9 Å². The minimum atomic E-state index is -1.44. The summed E-state index contributed by atoms with van der Waals surface area (Å²) in [6, 6.07) is 9.67. The molecule has 4 aromatic rings. The Kier molecular flexibility index (Phi) is 7.31. The van der Waals surface area contributed by atoms with Crippen LogP contribution in [0.15, 0.2) is 41.3 Å². The molecule has 5 heterocycles. The number of nitrogens with zero attached hydrogens (tertiary/aromatic N) is 5.